The molecule has 0 saturated carbocycles. The second-order valence-electron chi connectivity index (χ2n) is 6.84. The van der Waals surface area contributed by atoms with E-state index >= 15 is 0 Å². The van der Waals surface area contributed by atoms with Crippen LogP contribution < -0.4 is 26.8 Å². The predicted octanol–water partition coefficient (Wildman–Crippen LogP) is 3.19. The smallest absolute Gasteiger partial charge is 0.123 e. The largest absolute Gasteiger partial charge is 0.403 e. The van der Waals surface area contributed by atoms with Crippen LogP contribution in [-0.4, -0.2) is 20.1 Å². The van der Waals surface area contributed by atoms with Gasteiger partial charge in [-0.3, -0.25) is 4.72 Å². The Bertz CT molecular complexity index is 770. The molecule has 0 fully saturated rings. The molecular weight excluding hydrogens is 373 g/mol. The molecule has 0 heterocycles. The number of thiol groups is 1. The summed E-state index contributed by atoms with van der Waals surface area (Å²) in [6, 6.07) is 6.29. The molecule has 0 aliphatic heterocycles. The normalized spacial score (nSPS) is 20.0. The summed E-state index contributed by atoms with van der Waals surface area (Å²) >= 11 is 4.13. The molecule has 1 aliphatic carbocycles. The van der Waals surface area contributed by atoms with E-state index in [1.807, 2.05) is 13.1 Å². The van der Waals surface area contributed by atoms with Crippen LogP contribution in [0.2, 0.25) is 0 Å². The summed E-state index contributed by atoms with van der Waals surface area (Å²) in [5, 5.41) is 6.54. The number of hydrogen-bond acceptors (Lipinski definition) is 6. The molecule has 0 aromatic heterocycles. The fourth-order valence-electron chi connectivity index (χ4n) is 3.54. The van der Waals surface area contributed by atoms with Gasteiger partial charge >= 0.3 is 0 Å². The van der Waals surface area contributed by atoms with Crippen molar-refractivity contribution >= 4 is 18.5 Å². The maximum Gasteiger partial charge on any atom is 0.123 e. The van der Waals surface area contributed by atoms with E-state index in [4.69, 9.17) is 11.5 Å². The van der Waals surface area contributed by atoms with Gasteiger partial charge in [0.1, 0.15) is 5.82 Å². The van der Waals surface area contributed by atoms with Crippen molar-refractivity contribution in [3.8, 4) is 0 Å². The third kappa shape index (κ3) is 5.19. The van der Waals surface area contributed by atoms with Crippen molar-refractivity contribution in [3.63, 3.8) is 0 Å². The highest BCUT2D eigenvalue weighted by molar-refractivity contribution is 7.78. The van der Waals surface area contributed by atoms with Crippen molar-refractivity contribution in [2.45, 2.75) is 19.3 Å². The van der Waals surface area contributed by atoms with E-state index in [1.54, 1.807) is 18.3 Å². The summed E-state index contributed by atoms with van der Waals surface area (Å²) in [5.41, 5.74) is 16.6. The second kappa shape index (κ2) is 10.4. The minimum absolute atomic E-state index is 0.267. The van der Waals surface area contributed by atoms with Gasteiger partial charge < -0.3 is 22.1 Å². The van der Waals surface area contributed by atoms with Gasteiger partial charge in [-0.15, -0.1) is 6.58 Å². The van der Waals surface area contributed by atoms with Crippen molar-refractivity contribution in [2.75, 3.05) is 25.5 Å². The third-order valence-corrected chi connectivity index (χ3v) is 5.39. The molecular formula is C21H30FN5S. The van der Waals surface area contributed by atoms with Crippen LogP contribution in [0.4, 0.5) is 10.1 Å². The van der Waals surface area contributed by atoms with Gasteiger partial charge in [0, 0.05) is 55.3 Å². The number of nitrogens with two attached hydrogens (primary N) is 2. The molecule has 5 nitrogen and oxygen atoms in total. The Balaban J connectivity index is 2.43. The van der Waals surface area contributed by atoms with Gasteiger partial charge in [0.25, 0.3) is 0 Å². The standard InChI is InChI=1S/C21H30FN5S/c1-3-21(12-19(14-24)25-2)11-15(13-23)20(10-16(21)8-9-26-28)27-18-6-4-17(22)5-7-18/h3-7,10,14,25-28H,1,8-9,11-13,23-24H2,2H3/b19-14-. The highest BCUT2D eigenvalue weighted by Crippen LogP contribution is 2.46. The molecule has 1 atom stereocenters. The average Bonchev–Trinajstić information content (AvgIpc) is 2.73. The van der Waals surface area contributed by atoms with E-state index < -0.39 is 0 Å². The molecule has 7 heteroatoms. The zero-order valence-corrected chi connectivity index (χ0v) is 17.2. The summed E-state index contributed by atoms with van der Waals surface area (Å²) in [6.07, 6.45) is 7.94. The number of allylic oxidation sites excluding steroid dienone is 3. The lowest BCUT2D eigenvalue weighted by Crippen LogP contribution is -2.32. The van der Waals surface area contributed by atoms with Crippen LogP contribution in [0, 0.1) is 11.2 Å². The molecule has 1 aliphatic rings. The Hall–Kier alpha value is -2.22. The van der Waals surface area contributed by atoms with Crippen LogP contribution in [-0.2, 0) is 0 Å². The van der Waals surface area contributed by atoms with Crippen LogP contribution >= 0.6 is 12.8 Å². The van der Waals surface area contributed by atoms with Gasteiger partial charge in [0.15, 0.2) is 0 Å². The first-order chi connectivity index (χ1) is 13.5. The summed E-state index contributed by atoms with van der Waals surface area (Å²) < 4.78 is 16.1. The molecule has 1 aromatic rings. The predicted molar refractivity (Wildman–Crippen MR) is 119 cm³/mol. The molecule has 1 unspecified atom stereocenters. The van der Waals surface area contributed by atoms with Crippen LogP contribution in [0.25, 0.3) is 0 Å². The first-order valence-corrected chi connectivity index (χ1v) is 9.71. The molecule has 1 aromatic carbocycles. The first kappa shape index (κ1) is 22.1. The lowest BCUT2D eigenvalue weighted by atomic mass is 9.67. The SMILES string of the molecule is C=CC1(C/C(=C/N)NC)CC(CN)=C(Nc2ccc(F)cc2)C=C1CCNS. The van der Waals surface area contributed by atoms with Crippen LogP contribution in [0.5, 0.6) is 0 Å². The number of rotatable bonds is 10. The van der Waals surface area contributed by atoms with Crippen molar-refractivity contribution in [1.82, 2.24) is 10.0 Å². The van der Waals surface area contributed by atoms with Gasteiger partial charge in [0.05, 0.1) is 0 Å². The third-order valence-electron chi connectivity index (χ3n) is 5.16. The molecule has 0 amide bonds. The Kier molecular flexibility index (Phi) is 8.17. The number of benzene rings is 1. The quantitative estimate of drug-likeness (QED) is 0.267. The van der Waals surface area contributed by atoms with Gasteiger partial charge in [-0.1, -0.05) is 24.5 Å². The molecule has 28 heavy (non-hydrogen) atoms. The van der Waals surface area contributed by atoms with Gasteiger partial charge in [-0.2, -0.15) is 0 Å². The Morgan fingerprint density at radius 2 is 2.07 bits per heavy atom. The molecule has 152 valence electrons. The lowest BCUT2D eigenvalue weighted by Gasteiger charge is -2.39. The Morgan fingerprint density at radius 1 is 1.36 bits per heavy atom. The molecule has 0 saturated heterocycles. The number of anilines is 1. The first-order valence-electron chi connectivity index (χ1n) is 9.26. The van der Waals surface area contributed by atoms with E-state index in [2.05, 4.69) is 40.8 Å². The topological polar surface area (TPSA) is 88.1 Å². The van der Waals surface area contributed by atoms with Crippen molar-refractivity contribution in [1.29, 1.82) is 0 Å². The minimum Gasteiger partial charge on any atom is -0.403 e. The lowest BCUT2D eigenvalue weighted by molar-refractivity contribution is 0.415. The summed E-state index contributed by atoms with van der Waals surface area (Å²) in [5.74, 6) is -0.267. The molecule has 7 N–H and O–H groups in total. The fraction of sp³-hybridized carbons (Fsp3) is 0.333. The van der Waals surface area contributed by atoms with Crippen molar-refractivity contribution in [3.05, 3.63) is 77.6 Å². The maximum atomic E-state index is 13.2. The van der Waals surface area contributed by atoms with E-state index in [-0.39, 0.29) is 11.2 Å². The number of nitrogens with one attached hydrogen (secondary N) is 3. The molecule has 0 spiro atoms. The average molecular weight is 404 g/mol. The number of hydrogen-bond donors (Lipinski definition) is 6. The van der Waals surface area contributed by atoms with Crippen LogP contribution in [0.3, 0.4) is 0 Å². The maximum absolute atomic E-state index is 13.2. The second-order valence-corrected chi connectivity index (χ2v) is 7.15. The van der Waals surface area contributed by atoms with Gasteiger partial charge in [-0.05, 0) is 48.8 Å². The minimum atomic E-state index is -0.290. The van der Waals surface area contributed by atoms with E-state index in [0.29, 0.717) is 19.5 Å². The summed E-state index contributed by atoms with van der Waals surface area (Å²) in [7, 11) is 1.86. The molecule has 0 radical (unpaired) electrons. The summed E-state index contributed by atoms with van der Waals surface area (Å²) in [4.78, 5) is 0. The summed E-state index contributed by atoms with van der Waals surface area (Å²) in [6.45, 7) is 5.25. The van der Waals surface area contributed by atoms with Gasteiger partial charge in [0.2, 0.25) is 0 Å². The Morgan fingerprint density at radius 3 is 2.61 bits per heavy atom. The Labute approximate surface area is 172 Å². The zero-order valence-electron chi connectivity index (χ0n) is 16.3. The van der Waals surface area contributed by atoms with E-state index in [9.17, 15) is 4.39 Å². The zero-order chi connectivity index (χ0) is 20.6. The highest BCUT2D eigenvalue weighted by atomic mass is 32.1. The van der Waals surface area contributed by atoms with Crippen molar-refractivity contribution in [2.24, 2.45) is 16.9 Å². The monoisotopic (exact) mass is 403 g/mol. The highest BCUT2D eigenvalue weighted by Gasteiger charge is 2.36. The number of halogens is 1. The van der Waals surface area contributed by atoms with Gasteiger partial charge in [-0.25, -0.2) is 4.39 Å². The van der Waals surface area contributed by atoms with E-state index in [0.717, 1.165) is 35.5 Å². The van der Waals surface area contributed by atoms with Crippen LogP contribution in [0.1, 0.15) is 19.3 Å². The molecule has 0 bridgehead atoms. The van der Waals surface area contributed by atoms with Crippen molar-refractivity contribution < 1.29 is 4.39 Å². The fourth-order valence-corrected chi connectivity index (χ4v) is 3.65. The van der Waals surface area contributed by atoms with Crippen LogP contribution in [0.15, 0.2) is 71.7 Å². The molecule has 2 rings (SSSR count). The van der Waals surface area contributed by atoms with E-state index in [1.165, 1.54) is 17.7 Å².